The summed E-state index contributed by atoms with van der Waals surface area (Å²) in [6.45, 7) is 8.01. The highest BCUT2D eigenvalue weighted by Crippen LogP contribution is 1.91. The molecule has 0 saturated carbocycles. The first-order chi connectivity index (χ1) is 11.2. The second-order valence-corrected chi connectivity index (χ2v) is 6.24. The molecule has 0 aliphatic heterocycles. The van der Waals surface area contributed by atoms with Crippen LogP contribution in [0.15, 0.2) is 0 Å². The molecule has 1 unspecified atom stereocenters. The van der Waals surface area contributed by atoms with E-state index in [9.17, 15) is 9.00 Å². The van der Waals surface area contributed by atoms with Crippen molar-refractivity contribution in [2.75, 3.05) is 69.0 Å². The summed E-state index contributed by atoms with van der Waals surface area (Å²) in [7, 11) is 10.6. The van der Waals surface area contributed by atoms with Gasteiger partial charge in [0, 0.05) is 47.8 Å². The second-order valence-electron chi connectivity index (χ2n) is 4.94. The predicted molar refractivity (Wildman–Crippen MR) is 98.6 cm³/mol. The largest absolute Gasteiger partial charge is 0.369 e. The first-order valence-corrected chi connectivity index (χ1v) is 8.87. The average Bonchev–Trinajstić information content (AvgIpc) is 2.58. The van der Waals surface area contributed by atoms with Crippen molar-refractivity contribution in [2.24, 2.45) is 0 Å². The van der Waals surface area contributed by atoms with Gasteiger partial charge in [-0.05, 0) is 21.0 Å². The third-order valence-electron chi connectivity index (χ3n) is 2.56. The van der Waals surface area contributed by atoms with Gasteiger partial charge in [-0.1, -0.05) is 13.8 Å². The molecule has 0 aliphatic rings. The molecule has 8 nitrogen and oxygen atoms in total. The molecule has 0 N–H and O–H groups in total. The molecular formula is C15H37N3O5S. The number of rotatable bonds is 9. The summed E-state index contributed by atoms with van der Waals surface area (Å²) in [6, 6.07) is 0. The quantitative estimate of drug-likeness (QED) is 0.567. The number of hydrogen-bond acceptors (Lipinski definition) is 6. The summed E-state index contributed by atoms with van der Waals surface area (Å²) >= 11 is -1.36. The number of carbonyl (C=O) groups is 1. The molecule has 24 heavy (non-hydrogen) atoms. The molecule has 0 radical (unpaired) electrons. The van der Waals surface area contributed by atoms with Gasteiger partial charge in [-0.3, -0.25) is 9.69 Å². The van der Waals surface area contributed by atoms with E-state index >= 15 is 0 Å². The molecule has 0 fully saturated rings. The first-order valence-electron chi connectivity index (χ1n) is 7.84. The van der Waals surface area contributed by atoms with E-state index in [0.29, 0.717) is 19.7 Å². The predicted octanol–water partition coefficient (Wildman–Crippen LogP) is 1.16. The molecule has 0 aromatic rings. The van der Waals surface area contributed by atoms with Crippen molar-refractivity contribution < 1.29 is 22.7 Å². The van der Waals surface area contributed by atoms with Crippen LogP contribution in [-0.4, -0.2) is 93.2 Å². The zero-order valence-corrected chi connectivity index (χ0v) is 17.6. The van der Waals surface area contributed by atoms with Crippen LogP contribution in [0.2, 0.25) is 0 Å². The average molecular weight is 372 g/mol. The van der Waals surface area contributed by atoms with Gasteiger partial charge in [0.25, 0.3) is 0 Å². The van der Waals surface area contributed by atoms with Gasteiger partial charge in [0.05, 0.1) is 6.73 Å². The van der Waals surface area contributed by atoms with Crippen molar-refractivity contribution in [2.45, 2.75) is 27.2 Å². The van der Waals surface area contributed by atoms with Crippen LogP contribution >= 0.6 is 0 Å². The van der Waals surface area contributed by atoms with Crippen LogP contribution in [0.1, 0.15) is 27.2 Å². The highest BCUT2D eigenvalue weighted by atomic mass is 32.2. The van der Waals surface area contributed by atoms with Gasteiger partial charge >= 0.3 is 0 Å². The number of ether oxygens (including phenoxy) is 2. The topological polar surface area (TPSA) is 71.6 Å². The molecule has 148 valence electrons. The lowest BCUT2D eigenvalue weighted by molar-refractivity contribution is -0.129. The second kappa shape index (κ2) is 20.5. The summed E-state index contributed by atoms with van der Waals surface area (Å²) in [5.74, 6) is 0.215. The van der Waals surface area contributed by atoms with E-state index in [1.807, 2.05) is 46.8 Å². The van der Waals surface area contributed by atoms with Crippen molar-refractivity contribution in [3.8, 4) is 0 Å². The van der Waals surface area contributed by atoms with E-state index in [4.69, 9.17) is 8.92 Å². The lowest BCUT2D eigenvalue weighted by Gasteiger charge is -2.11. The van der Waals surface area contributed by atoms with Crippen LogP contribution in [0, 0.1) is 0 Å². The van der Waals surface area contributed by atoms with Crippen LogP contribution in [0.25, 0.3) is 0 Å². The Morgan fingerprint density at radius 1 is 0.958 bits per heavy atom. The third kappa shape index (κ3) is 21.4. The fourth-order valence-electron chi connectivity index (χ4n) is 0.989. The molecule has 0 aliphatic carbocycles. The molecule has 0 saturated heterocycles. The maximum atomic E-state index is 10.9. The van der Waals surface area contributed by atoms with E-state index < -0.39 is 11.3 Å². The Morgan fingerprint density at radius 2 is 1.50 bits per heavy atom. The van der Waals surface area contributed by atoms with E-state index in [1.165, 1.54) is 7.11 Å². The Labute approximate surface area is 150 Å². The van der Waals surface area contributed by atoms with Gasteiger partial charge in [0.2, 0.25) is 17.2 Å². The van der Waals surface area contributed by atoms with Gasteiger partial charge in [-0.25, -0.2) is 12.7 Å². The summed E-state index contributed by atoms with van der Waals surface area (Å²) in [6.07, 6.45) is 0.615. The number of nitrogens with zero attached hydrogens (tertiary/aromatic N) is 3. The molecule has 0 spiro atoms. The van der Waals surface area contributed by atoms with Crippen molar-refractivity contribution in [3.63, 3.8) is 0 Å². The standard InChI is InChI=1S/C6H13NO.C5H13NO3S.C4H11NO/c1-4-6(8)7(3)5-2;1-4-6(2)10(7)9-5-8-3;1-5(2)4-6-3/h4-5H2,1-3H3;4-5H2,1-3H3;4H2,1-3H3. The van der Waals surface area contributed by atoms with Gasteiger partial charge in [-0.2, -0.15) is 0 Å². The van der Waals surface area contributed by atoms with Crippen LogP contribution in [-0.2, 0) is 29.7 Å². The monoisotopic (exact) mass is 371 g/mol. The van der Waals surface area contributed by atoms with E-state index in [-0.39, 0.29) is 12.7 Å². The van der Waals surface area contributed by atoms with Crippen LogP contribution in [0.3, 0.4) is 0 Å². The summed E-state index contributed by atoms with van der Waals surface area (Å²) in [5.41, 5.74) is 0. The van der Waals surface area contributed by atoms with Crippen molar-refractivity contribution in [1.29, 1.82) is 0 Å². The summed E-state index contributed by atoms with van der Waals surface area (Å²) < 4.78 is 26.5. The van der Waals surface area contributed by atoms with Crippen LogP contribution in [0.4, 0.5) is 0 Å². The van der Waals surface area contributed by atoms with Crippen molar-refractivity contribution in [1.82, 2.24) is 14.1 Å². The molecule has 0 heterocycles. The van der Waals surface area contributed by atoms with Gasteiger partial charge in [0.15, 0.2) is 6.79 Å². The Kier molecular flexibility index (Phi) is 24.1. The Balaban J connectivity index is -0.000000285. The Bertz CT molecular complexity index is 307. The number of amides is 1. The minimum absolute atomic E-state index is 0.0664. The normalized spacial score (nSPS) is 11.3. The lowest BCUT2D eigenvalue weighted by Crippen LogP contribution is -2.24. The van der Waals surface area contributed by atoms with E-state index in [1.54, 1.807) is 23.4 Å². The highest BCUT2D eigenvalue weighted by molar-refractivity contribution is 7.77. The smallest absolute Gasteiger partial charge is 0.239 e. The maximum absolute atomic E-state index is 10.9. The molecule has 0 rings (SSSR count). The van der Waals surface area contributed by atoms with Crippen molar-refractivity contribution in [3.05, 3.63) is 0 Å². The lowest BCUT2D eigenvalue weighted by atomic mass is 10.4. The van der Waals surface area contributed by atoms with Crippen LogP contribution in [0.5, 0.6) is 0 Å². The van der Waals surface area contributed by atoms with Gasteiger partial charge in [-0.15, -0.1) is 0 Å². The Morgan fingerprint density at radius 3 is 1.71 bits per heavy atom. The van der Waals surface area contributed by atoms with Gasteiger partial charge < -0.3 is 14.4 Å². The third-order valence-corrected chi connectivity index (χ3v) is 3.62. The molecule has 0 aromatic carbocycles. The first kappa shape index (κ1) is 28.2. The molecule has 0 bridgehead atoms. The Hall–Kier alpha value is -0.580. The SMILES string of the molecule is CCC(=O)N(C)CC.CCN(C)S(=O)OCOC.COCN(C)C. The summed E-state index contributed by atoms with van der Waals surface area (Å²) in [5, 5.41) is 0. The molecule has 9 heteroatoms. The molecule has 0 aromatic heterocycles. The maximum Gasteiger partial charge on any atom is 0.239 e. The molecule has 1 atom stereocenters. The fraction of sp³-hybridized carbons (Fsp3) is 0.933. The van der Waals surface area contributed by atoms with Gasteiger partial charge in [0.1, 0.15) is 0 Å². The highest BCUT2D eigenvalue weighted by Gasteiger charge is 2.04. The number of carbonyl (C=O) groups excluding carboxylic acids is 1. The van der Waals surface area contributed by atoms with E-state index in [2.05, 4.69) is 4.74 Å². The van der Waals surface area contributed by atoms with Crippen LogP contribution < -0.4 is 0 Å². The molecular weight excluding hydrogens is 334 g/mol. The molecule has 1 amide bonds. The summed E-state index contributed by atoms with van der Waals surface area (Å²) in [4.78, 5) is 14.3. The number of hydrogen-bond donors (Lipinski definition) is 0. The van der Waals surface area contributed by atoms with Crippen molar-refractivity contribution >= 4 is 17.2 Å². The fourth-order valence-corrected chi connectivity index (χ4v) is 1.56. The zero-order valence-electron chi connectivity index (χ0n) is 16.8. The van der Waals surface area contributed by atoms with E-state index in [0.717, 1.165) is 6.54 Å². The minimum atomic E-state index is -1.36. The number of methoxy groups -OCH3 is 2. The minimum Gasteiger partial charge on any atom is -0.369 e. The zero-order chi connectivity index (χ0) is 19.5.